The number of amides is 4. The van der Waals surface area contributed by atoms with E-state index >= 15 is 0 Å². The number of carbonyl (C=O) groups excluding carboxylic acids is 3. The van der Waals surface area contributed by atoms with Gasteiger partial charge >= 0.3 is 12.1 Å². The van der Waals surface area contributed by atoms with Crippen LogP contribution in [0.2, 0.25) is 0 Å². The number of hydrogen-bond donors (Lipinski definition) is 4. The van der Waals surface area contributed by atoms with Gasteiger partial charge < -0.3 is 31.7 Å². The van der Waals surface area contributed by atoms with E-state index in [1.54, 1.807) is 31.3 Å². The molecule has 4 amide bonds. The van der Waals surface area contributed by atoms with E-state index in [1.165, 1.54) is 4.90 Å². The predicted molar refractivity (Wildman–Crippen MR) is 103 cm³/mol. The molecule has 1 aromatic rings. The molecule has 0 bridgehead atoms. The van der Waals surface area contributed by atoms with E-state index in [-0.39, 0.29) is 18.6 Å². The average Bonchev–Trinajstić information content (AvgIpc) is 2.64. The molecule has 0 fully saturated rings. The number of rotatable bonds is 10. The van der Waals surface area contributed by atoms with Crippen LogP contribution in [-0.4, -0.2) is 49.1 Å². The molecule has 0 spiro atoms. The first-order chi connectivity index (χ1) is 12.8. The summed E-state index contributed by atoms with van der Waals surface area (Å²) >= 11 is 0. The smallest absolute Gasteiger partial charge is 0.409 e. The van der Waals surface area contributed by atoms with Gasteiger partial charge in [0.05, 0.1) is 6.04 Å². The van der Waals surface area contributed by atoms with E-state index in [1.807, 2.05) is 6.92 Å². The highest BCUT2D eigenvalue weighted by atomic mass is 16.6. The minimum atomic E-state index is -0.686. The maximum Gasteiger partial charge on any atom is 0.409 e. The second-order valence-electron chi connectivity index (χ2n) is 6.20. The van der Waals surface area contributed by atoms with Crippen molar-refractivity contribution in [1.29, 1.82) is 0 Å². The van der Waals surface area contributed by atoms with Gasteiger partial charge in [-0.1, -0.05) is 19.1 Å². The van der Waals surface area contributed by atoms with Gasteiger partial charge in [-0.3, -0.25) is 4.79 Å². The maximum atomic E-state index is 12.1. The maximum absolute atomic E-state index is 12.1. The predicted octanol–water partition coefficient (Wildman–Crippen LogP) is 1.38. The third kappa shape index (κ3) is 8.91. The Bertz CT molecular complexity index is 621. The number of nitrogens with one attached hydrogen (secondary N) is 2. The molecule has 0 aliphatic rings. The molecular weight excluding hydrogens is 350 g/mol. The molecular formula is C18H29N5O4. The van der Waals surface area contributed by atoms with E-state index < -0.39 is 12.1 Å². The van der Waals surface area contributed by atoms with Crippen molar-refractivity contribution in [2.45, 2.75) is 38.8 Å². The van der Waals surface area contributed by atoms with Gasteiger partial charge in [0.25, 0.3) is 0 Å². The summed E-state index contributed by atoms with van der Waals surface area (Å²) in [4.78, 5) is 35.9. The molecule has 9 heteroatoms. The number of ether oxygens (including phenoxy) is 1. The third-order valence-corrected chi connectivity index (χ3v) is 3.78. The third-order valence-electron chi connectivity index (χ3n) is 3.78. The summed E-state index contributed by atoms with van der Waals surface area (Å²) in [7, 11) is 1.69. The van der Waals surface area contributed by atoms with Gasteiger partial charge in [0.2, 0.25) is 5.91 Å². The van der Waals surface area contributed by atoms with Crippen LogP contribution in [0.25, 0.3) is 0 Å². The van der Waals surface area contributed by atoms with Crippen LogP contribution in [0.5, 0.6) is 0 Å². The molecule has 9 nitrogen and oxygen atoms in total. The summed E-state index contributed by atoms with van der Waals surface area (Å²) in [6, 6.07) is 5.69. The van der Waals surface area contributed by atoms with E-state index in [2.05, 4.69) is 10.6 Å². The molecule has 0 heterocycles. The van der Waals surface area contributed by atoms with Crippen LogP contribution in [0, 0.1) is 0 Å². The molecule has 27 heavy (non-hydrogen) atoms. The van der Waals surface area contributed by atoms with Crippen LogP contribution >= 0.6 is 0 Å². The minimum absolute atomic E-state index is 0.160. The van der Waals surface area contributed by atoms with Crippen LogP contribution in [0.15, 0.2) is 24.3 Å². The lowest BCUT2D eigenvalue weighted by Crippen LogP contribution is -2.37. The summed E-state index contributed by atoms with van der Waals surface area (Å²) in [5.74, 6) is -0.311. The number of nitrogens with zero attached hydrogens (tertiary/aromatic N) is 1. The van der Waals surface area contributed by atoms with Gasteiger partial charge in [-0.25, -0.2) is 9.59 Å². The Labute approximate surface area is 159 Å². The molecule has 1 rings (SSSR count). The molecule has 6 N–H and O–H groups in total. The first-order valence-corrected chi connectivity index (χ1v) is 8.90. The molecule has 0 aliphatic heterocycles. The van der Waals surface area contributed by atoms with Gasteiger partial charge in [0.1, 0.15) is 6.61 Å². The first kappa shape index (κ1) is 22.2. The topological polar surface area (TPSA) is 140 Å². The SMILES string of the molecule is CCCN(C)C(=O)OCc1ccc(NC(=O)[C@@H](N)CCCNC(N)=O)cc1. The Balaban J connectivity index is 2.39. The van der Waals surface area contributed by atoms with E-state index in [4.69, 9.17) is 16.2 Å². The van der Waals surface area contributed by atoms with Crippen LogP contribution in [-0.2, 0) is 16.1 Å². The van der Waals surface area contributed by atoms with Gasteiger partial charge in [-0.2, -0.15) is 0 Å². The normalized spacial score (nSPS) is 11.4. The van der Waals surface area contributed by atoms with Crippen molar-refractivity contribution in [2.75, 3.05) is 25.5 Å². The number of anilines is 1. The van der Waals surface area contributed by atoms with Crippen molar-refractivity contribution in [3.63, 3.8) is 0 Å². The summed E-state index contributed by atoms with van der Waals surface area (Å²) < 4.78 is 5.21. The van der Waals surface area contributed by atoms with Crippen molar-refractivity contribution < 1.29 is 19.1 Å². The largest absolute Gasteiger partial charge is 0.445 e. The van der Waals surface area contributed by atoms with Gasteiger partial charge in [-0.05, 0) is 37.0 Å². The van der Waals surface area contributed by atoms with E-state index in [0.29, 0.717) is 31.6 Å². The standard InChI is InChI=1S/C18H29N5O4/c1-3-11-23(2)18(26)27-12-13-6-8-14(9-7-13)22-16(24)15(19)5-4-10-21-17(20)25/h6-9,15H,3-5,10-12,19H2,1-2H3,(H,22,24)(H3,20,21,25)/t15-/m0/s1. The number of urea groups is 1. The summed E-state index contributed by atoms with van der Waals surface area (Å²) in [5, 5.41) is 5.17. The van der Waals surface area contributed by atoms with Crippen molar-refractivity contribution in [1.82, 2.24) is 10.2 Å². The number of benzene rings is 1. The Morgan fingerprint density at radius 3 is 2.48 bits per heavy atom. The number of hydrogen-bond acceptors (Lipinski definition) is 5. The molecule has 0 aromatic heterocycles. The average molecular weight is 379 g/mol. The van der Waals surface area contributed by atoms with Crippen LogP contribution < -0.4 is 22.1 Å². The lowest BCUT2D eigenvalue weighted by atomic mass is 10.1. The van der Waals surface area contributed by atoms with Crippen LogP contribution in [0.4, 0.5) is 15.3 Å². The first-order valence-electron chi connectivity index (χ1n) is 8.90. The molecule has 0 unspecified atom stereocenters. The Morgan fingerprint density at radius 1 is 1.22 bits per heavy atom. The lowest BCUT2D eigenvalue weighted by Gasteiger charge is -2.16. The zero-order valence-corrected chi connectivity index (χ0v) is 15.9. The molecule has 0 aliphatic carbocycles. The molecule has 1 atom stereocenters. The summed E-state index contributed by atoms with van der Waals surface area (Å²) in [6.45, 7) is 3.16. The van der Waals surface area contributed by atoms with E-state index in [9.17, 15) is 14.4 Å². The highest BCUT2D eigenvalue weighted by molar-refractivity contribution is 5.94. The number of primary amides is 1. The molecule has 150 valence electrons. The number of nitrogens with two attached hydrogens (primary N) is 2. The fraction of sp³-hybridized carbons (Fsp3) is 0.500. The second kappa shape index (κ2) is 11.7. The Morgan fingerprint density at radius 2 is 1.89 bits per heavy atom. The Hall–Kier alpha value is -2.81. The molecule has 0 saturated carbocycles. The zero-order chi connectivity index (χ0) is 20.2. The zero-order valence-electron chi connectivity index (χ0n) is 15.9. The second-order valence-corrected chi connectivity index (χ2v) is 6.20. The van der Waals surface area contributed by atoms with Crippen LogP contribution in [0.3, 0.4) is 0 Å². The van der Waals surface area contributed by atoms with Gasteiger partial charge in [0, 0.05) is 25.8 Å². The molecule has 1 aromatic carbocycles. The van der Waals surface area contributed by atoms with Crippen molar-refractivity contribution in [3.8, 4) is 0 Å². The number of carbonyl (C=O) groups is 3. The summed E-state index contributed by atoms with van der Waals surface area (Å²) in [6.07, 6.45) is 1.47. The van der Waals surface area contributed by atoms with Crippen molar-refractivity contribution in [3.05, 3.63) is 29.8 Å². The monoisotopic (exact) mass is 379 g/mol. The molecule has 0 radical (unpaired) electrons. The van der Waals surface area contributed by atoms with Gasteiger partial charge in [0.15, 0.2) is 0 Å². The fourth-order valence-electron chi connectivity index (χ4n) is 2.27. The van der Waals surface area contributed by atoms with Crippen LogP contribution in [0.1, 0.15) is 31.7 Å². The molecule has 0 saturated heterocycles. The fourth-order valence-corrected chi connectivity index (χ4v) is 2.27. The van der Waals surface area contributed by atoms with Gasteiger partial charge in [-0.15, -0.1) is 0 Å². The minimum Gasteiger partial charge on any atom is -0.445 e. The van der Waals surface area contributed by atoms with Crippen molar-refractivity contribution >= 4 is 23.7 Å². The lowest BCUT2D eigenvalue weighted by molar-refractivity contribution is -0.117. The highest BCUT2D eigenvalue weighted by Gasteiger charge is 2.13. The van der Waals surface area contributed by atoms with Crippen molar-refractivity contribution in [2.24, 2.45) is 11.5 Å². The quantitative estimate of drug-likeness (QED) is 0.455. The summed E-state index contributed by atoms with van der Waals surface area (Å²) in [5.41, 5.74) is 12.2. The Kier molecular flexibility index (Phi) is 9.66. The highest BCUT2D eigenvalue weighted by Crippen LogP contribution is 2.12. The van der Waals surface area contributed by atoms with E-state index in [0.717, 1.165) is 12.0 Å².